The van der Waals surface area contributed by atoms with E-state index in [2.05, 4.69) is 15.6 Å². The quantitative estimate of drug-likeness (QED) is 0.530. The van der Waals surface area contributed by atoms with Crippen LogP contribution in [-0.2, 0) is 14.6 Å². The van der Waals surface area contributed by atoms with E-state index in [1.165, 1.54) is 30.5 Å². The fourth-order valence-corrected chi connectivity index (χ4v) is 3.79. The molecule has 0 radical (unpaired) electrons. The number of hydrogen-bond donors (Lipinski definition) is 2. The van der Waals surface area contributed by atoms with Crippen molar-refractivity contribution < 1.29 is 26.4 Å². The number of amides is 1. The second-order valence-electron chi connectivity index (χ2n) is 7.97. The van der Waals surface area contributed by atoms with Gasteiger partial charge in [-0.05, 0) is 36.1 Å². The molecule has 2 rings (SSSR count). The summed E-state index contributed by atoms with van der Waals surface area (Å²) in [5.41, 5.74) is 0.776. The van der Waals surface area contributed by atoms with E-state index in [1.54, 1.807) is 32.0 Å². The van der Waals surface area contributed by atoms with E-state index >= 15 is 0 Å². The molecule has 33 heavy (non-hydrogen) atoms. The number of halogens is 3. The van der Waals surface area contributed by atoms with Crippen LogP contribution in [0.15, 0.2) is 47.5 Å². The molecule has 0 saturated heterocycles. The minimum Gasteiger partial charge on any atom is -0.342 e. The van der Waals surface area contributed by atoms with Gasteiger partial charge in [-0.1, -0.05) is 32.0 Å². The molecule has 0 aliphatic heterocycles. The van der Waals surface area contributed by atoms with E-state index in [4.69, 9.17) is 5.26 Å². The van der Waals surface area contributed by atoms with Crippen LogP contribution in [0.4, 0.5) is 13.2 Å². The fraction of sp³-hybridized carbons (Fsp3) is 0.409. The third kappa shape index (κ3) is 7.54. The molecule has 1 amide bonds. The third-order valence-electron chi connectivity index (χ3n) is 4.76. The third-order valence-corrected chi connectivity index (χ3v) is 5.89. The topological polar surface area (TPSA) is 112 Å². The van der Waals surface area contributed by atoms with E-state index in [0.29, 0.717) is 11.1 Å². The monoisotopic (exact) mass is 482 g/mol. The number of nitrogens with one attached hydrogen (secondary N) is 2. The van der Waals surface area contributed by atoms with Gasteiger partial charge in [0.05, 0.1) is 22.7 Å². The summed E-state index contributed by atoms with van der Waals surface area (Å²) in [5, 5.41) is 13.3. The molecule has 1 aromatic heterocycles. The molecule has 0 aliphatic rings. The molecule has 2 atom stereocenters. The van der Waals surface area contributed by atoms with Gasteiger partial charge in [0, 0.05) is 18.0 Å². The first-order valence-electron chi connectivity index (χ1n) is 10.1. The van der Waals surface area contributed by atoms with Crippen LogP contribution >= 0.6 is 0 Å². The van der Waals surface area contributed by atoms with E-state index in [0.717, 1.165) is 6.26 Å². The minimum absolute atomic E-state index is 0.0746. The van der Waals surface area contributed by atoms with Crippen LogP contribution in [0, 0.1) is 17.2 Å². The van der Waals surface area contributed by atoms with Gasteiger partial charge in [0.2, 0.25) is 5.91 Å². The van der Waals surface area contributed by atoms with Crippen LogP contribution in [-0.4, -0.2) is 44.3 Å². The summed E-state index contributed by atoms with van der Waals surface area (Å²) in [5.74, 6) is -0.767. The highest BCUT2D eigenvalue weighted by Gasteiger charge is 2.43. The lowest BCUT2D eigenvalue weighted by Gasteiger charge is -2.27. The molecule has 2 N–H and O–H groups in total. The summed E-state index contributed by atoms with van der Waals surface area (Å²) in [6, 6.07) is 6.94. The number of hydrogen-bond acceptors (Lipinski definition) is 6. The van der Waals surface area contributed by atoms with Crippen LogP contribution in [0.25, 0.3) is 11.1 Å². The molecule has 1 aromatic carbocycles. The van der Waals surface area contributed by atoms with Crippen LogP contribution in [0.3, 0.4) is 0 Å². The molecule has 0 saturated carbocycles. The van der Waals surface area contributed by atoms with Crippen LogP contribution in [0.1, 0.15) is 32.0 Å². The Morgan fingerprint density at radius 2 is 1.73 bits per heavy atom. The van der Waals surface area contributed by atoms with Gasteiger partial charge in [-0.3, -0.25) is 15.1 Å². The first-order chi connectivity index (χ1) is 15.3. The largest absolute Gasteiger partial charge is 0.409 e. The van der Waals surface area contributed by atoms with Crippen molar-refractivity contribution in [3.8, 4) is 17.2 Å². The molecule has 0 fully saturated rings. The van der Waals surface area contributed by atoms with Gasteiger partial charge in [0.15, 0.2) is 9.84 Å². The lowest BCUT2D eigenvalue weighted by atomic mass is 10.0. The number of benzene rings is 1. The number of pyridine rings is 1. The maximum absolute atomic E-state index is 13.9. The maximum atomic E-state index is 13.9. The number of carbonyl (C=O) groups excluding carboxylic acids is 1. The maximum Gasteiger partial charge on any atom is 0.409 e. The molecule has 0 bridgehead atoms. The van der Waals surface area contributed by atoms with Crippen molar-refractivity contribution in [3.63, 3.8) is 0 Å². The molecule has 178 valence electrons. The molecule has 0 aliphatic carbocycles. The van der Waals surface area contributed by atoms with Crippen LogP contribution < -0.4 is 10.6 Å². The molecule has 0 unspecified atom stereocenters. The second-order valence-corrected chi connectivity index (χ2v) is 9.98. The predicted molar refractivity (Wildman–Crippen MR) is 117 cm³/mol. The highest BCUT2D eigenvalue weighted by atomic mass is 32.2. The lowest BCUT2D eigenvalue weighted by Crippen LogP contribution is -2.49. The summed E-state index contributed by atoms with van der Waals surface area (Å²) in [6.07, 6.45) is -2.25. The first kappa shape index (κ1) is 26.3. The number of aromatic nitrogens is 1. The molecule has 0 spiro atoms. The average molecular weight is 483 g/mol. The Morgan fingerprint density at radius 1 is 1.12 bits per heavy atom. The number of nitrogens with zero attached hydrogens (tertiary/aromatic N) is 2. The number of rotatable bonds is 9. The van der Waals surface area contributed by atoms with Gasteiger partial charge < -0.3 is 5.32 Å². The Bertz CT molecular complexity index is 1090. The van der Waals surface area contributed by atoms with Crippen molar-refractivity contribution in [2.24, 2.45) is 5.92 Å². The van der Waals surface area contributed by atoms with Crippen molar-refractivity contribution >= 4 is 15.7 Å². The Kier molecular flexibility index (Phi) is 8.57. The van der Waals surface area contributed by atoms with E-state index in [-0.39, 0.29) is 29.5 Å². The molecule has 1 heterocycles. The lowest BCUT2D eigenvalue weighted by molar-refractivity contribution is -0.162. The van der Waals surface area contributed by atoms with Gasteiger partial charge in [-0.2, -0.15) is 18.4 Å². The van der Waals surface area contributed by atoms with Crippen molar-refractivity contribution in [1.82, 2.24) is 15.6 Å². The summed E-state index contributed by atoms with van der Waals surface area (Å²) >= 11 is 0. The van der Waals surface area contributed by atoms with Gasteiger partial charge in [-0.25, -0.2) is 8.42 Å². The fourth-order valence-electron chi connectivity index (χ4n) is 3.16. The average Bonchev–Trinajstić information content (AvgIpc) is 2.73. The van der Waals surface area contributed by atoms with Crippen LogP contribution in [0.5, 0.6) is 0 Å². The molecule has 11 heteroatoms. The van der Waals surface area contributed by atoms with Crippen molar-refractivity contribution in [2.45, 2.75) is 43.4 Å². The van der Waals surface area contributed by atoms with Gasteiger partial charge in [0.25, 0.3) is 0 Å². The molecular formula is C22H25F3N4O3S. The van der Waals surface area contributed by atoms with Crippen molar-refractivity contribution in [1.29, 1.82) is 5.26 Å². The van der Waals surface area contributed by atoms with Crippen LogP contribution in [0.2, 0.25) is 0 Å². The standard InChI is InChI=1S/C22H25F3N4O3S/c1-14(2)12-19(21(30)27-11-10-26)29-20(22(23,24)25)18-9-6-16(13-28-18)15-4-7-17(8-5-15)33(3,31)32/h4-9,13-14,19-20,29H,11-12H2,1-3H3,(H,27,30)/t19-,20-/m0/s1. The summed E-state index contributed by atoms with van der Waals surface area (Å²) < 4.78 is 64.7. The Hall–Kier alpha value is -2.97. The number of nitriles is 1. The predicted octanol–water partition coefficient (Wildman–Crippen LogP) is 3.40. The summed E-state index contributed by atoms with van der Waals surface area (Å²) in [6.45, 7) is 3.24. The highest BCUT2D eigenvalue weighted by Crippen LogP contribution is 2.33. The minimum atomic E-state index is -4.73. The molecular weight excluding hydrogens is 457 g/mol. The Morgan fingerprint density at radius 3 is 2.18 bits per heavy atom. The molecule has 7 nitrogen and oxygen atoms in total. The zero-order valence-electron chi connectivity index (χ0n) is 18.3. The van der Waals surface area contributed by atoms with Crippen molar-refractivity contribution in [3.05, 3.63) is 48.3 Å². The van der Waals surface area contributed by atoms with E-state index in [9.17, 15) is 26.4 Å². The first-order valence-corrected chi connectivity index (χ1v) is 12.0. The highest BCUT2D eigenvalue weighted by molar-refractivity contribution is 7.90. The number of alkyl halides is 3. The van der Waals surface area contributed by atoms with E-state index in [1.807, 2.05) is 0 Å². The van der Waals surface area contributed by atoms with Gasteiger partial charge in [-0.15, -0.1) is 0 Å². The second kappa shape index (κ2) is 10.8. The summed E-state index contributed by atoms with van der Waals surface area (Å²) in [7, 11) is -3.37. The Labute approximate surface area is 190 Å². The van der Waals surface area contributed by atoms with Gasteiger partial charge >= 0.3 is 6.18 Å². The summed E-state index contributed by atoms with van der Waals surface area (Å²) in [4.78, 5) is 16.4. The zero-order valence-corrected chi connectivity index (χ0v) is 19.2. The number of sulfone groups is 1. The zero-order chi connectivity index (χ0) is 24.8. The number of carbonyl (C=O) groups is 1. The SMILES string of the molecule is CC(C)C[C@H](N[C@@H](c1ccc(-c2ccc(S(C)(=O)=O)cc2)cn1)C(F)(F)F)C(=O)NCC#N. The normalized spacial score (nSPS) is 13.9. The van der Waals surface area contributed by atoms with Crippen molar-refractivity contribution in [2.75, 3.05) is 12.8 Å². The van der Waals surface area contributed by atoms with Gasteiger partial charge in [0.1, 0.15) is 12.6 Å². The Balaban J connectivity index is 2.31. The van der Waals surface area contributed by atoms with E-state index < -0.39 is 34.0 Å². The smallest absolute Gasteiger partial charge is 0.342 e. The molecule has 2 aromatic rings.